The molecular weight excluding hydrogens is 275 g/mol. The van der Waals surface area contributed by atoms with E-state index in [1.54, 1.807) is 32.9 Å². The van der Waals surface area contributed by atoms with E-state index in [1.807, 2.05) is 0 Å². The Bertz CT molecular complexity index is 499. The third-order valence-electron chi connectivity index (χ3n) is 3.12. The predicted molar refractivity (Wildman–Crippen MR) is 76.0 cm³/mol. The molecule has 0 radical (unpaired) electrons. The van der Waals surface area contributed by atoms with Crippen LogP contribution in [0.15, 0.2) is 24.3 Å². The maximum atomic E-state index is 13.1. The summed E-state index contributed by atoms with van der Waals surface area (Å²) in [6.07, 6.45) is -0.569. The second-order valence-corrected chi connectivity index (χ2v) is 5.36. The first-order valence-corrected chi connectivity index (χ1v) is 6.88. The molecule has 21 heavy (non-hydrogen) atoms. The number of methoxy groups -OCH3 is 1. The van der Waals surface area contributed by atoms with E-state index in [4.69, 9.17) is 4.74 Å². The van der Waals surface area contributed by atoms with Crippen LogP contribution in [0, 0.1) is 17.7 Å². The van der Waals surface area contributed by atoms with Crippen LogP contribution in [0.1, 0.15) is 26.3 Å². The smallest absolute Gasteiger partial charge is 0.347 e. The minimum atomic E-state index is -0.919. The van der Waals surface area contributed by atoms with E-state index in [2.05, 4.69) is 4.74 Å². The Morgan fingerprint density at radius 3 is 2.38 bits per heavy atom. The number of esters is 2. The molecule has 0 fully saturated rings. The minimum absolute atomic E-state index is 0.178. The van der Waals surface area contributed by atoms with Crippen LogP contribution in [-0.4, -0.2) is 25.2 Å². The van der Waals surface area contributed by atoms with Crippen molar-refractivity contribution in [1.29, 1.82) is 0 Å². The van der Waals surface area contributed by atoms with Crippen molar-refractivity contribution in [2.45, 2.75) is 33.3 Å². The number of halogens is 1. The summed E-state index contributed by atoms with van der Waals surface area (Å²) in [4.78, 5) is 23.6. The first-order valence-electron chi connectivity index (χ1n) is 6.88. The summed E-state index contributed by atoms with van der Waals surface area (Å²) in [6.45, 7) is 5.22. The van der Waals surface area contributed by atoms with Crippen LogP contribution in [0.4, 0.5) is 4.39 Å². The summed E-state index contributed by atoms with van der Waals surface area (Å²) in [6, 6.07) is 6.06. The maximum absolute atomic E-state index is 13.1. The SMILES string of the molecule is COC(=O)C(OC(=O)C(C)Cc1cccc(F)c1)C(C)C. The zero-order chi connectivity index (χ0) is 16.0. The van der Waals surface area contributed by atoms with Gasteiger partial charge in [0.25, 0.3) is 0 Å². The molecule has 0 aliphatic heterocycles. The van der Waals surface area contributed by atoms with Crippen molar-refractivity contribution < 1.29 is 23.5 Å². The van der Waals surface area contributed by atoms with E-state index in [9.17, 15) is 14.0 Å². The molecule has 0 aliphatic rings. The van der Waals surface area contributed by atoms with Crippen LogP contribution in [0.3, 0.4) is 0 Å². The second-order valence-electron chi connectivity index (χ2n) is 5.36. The van der Waals surface area contributed by atoms with Gasteiger partial charge in [-0.1, -0.05) is 32.9 Å². The minimum Gasteiger partial charge on any atom is -0.466 e. The van der Waals surface area contributed by atoms with Crippen LogP contribution < -0.4 is 0 Å². The fraction of sp³-hybridized carbons (Fsp3) is 0.500. The Morgan fingerprint density at radius 2 is 1.86 bits per heavy atom. The van der Waals surface area contributed by atoms with E-state index < -0.39 is 24.0 Å². The van der Waals surface area contributed by atoms with Crippen LogP contribution in [0.5, 0.6) is 0 Å². The normalized spacial score (nSPS) is 13.6. The number of carbonyl (C=O) groups is 2. The highest BCUT2D eigenvalue weighted by molar-refractivity contribution is 5.80. The Morgan fingerprint density at radius 1 is 1.19 bits per heavy atom. The first-order chi connectivity index (χ1) is 9.85. The standard InChI is InChI=1S/C16H21FO4/c1-10(2)14(16(19)20-4)21-15(18)11(3)8-12-6-5-7-13(17)9-12/h5-7,9-11,14H,8H2,1-4H3. The Labute approximate surface area is 124 Å². The monoisotopic (exact) mass is 296 g/mol. The molecule has 0 bridgehead atoms. The zero-order valence-corrected chi connectivity index (χ0v) is 12.8. The van der Waals surface area contributed by atoms with E-state index >= 15 is 0 Å². The molecule has 2 atom stereocenters. The highest BCUT2D eigenvalue weighted by atomic mass is 19.1. The maximum Gasteiger partial charge on any atom is 0.347 e. The summed E-state index contributed by atoms with van der Waals surface area (Å²) < 4.78 is 23.0. The van der Waals surface area contributed by atoms with E-state index in [-0.39, 0.29) is 11.7 Å². The van der Waals surface area contributed by atoms with Crippen molar-refractivity contribution in [1.82, 2.24) is 0 Å². The lowest BCUT2D eigenvalue weighted by Gasteiger charge is -2.21. The first kappa shape index (κ1) is 17.1. The molecule has 0 spiro atoms. The topological polar surface area (TPSA) is 52.6 Å². The van der Waals surface area contributed by atoms with Crippen molar-refractivity contribution in [3.63, 3.8) is 0 Å². The van der Waals surface area contributed by atoms with Gasteiger partial charge < -0.3 is 9.47 Å². The van der Waals surface area contributed by atoms with Crippen molar-refractivity contribution in [3.8, 4) is 0 Å². The Hall–Kier alpha value is -1.91. The zero-order valence-electron chi connectivity index (χ0n) is 12.8. The Balaban J connectivity index is 2.67. The number of hydrogen-bond acceptors (Lipinski definition) is 4. The van der Waals surface area contributed by atoms with Crippen LogP contribution in [0.2, 0.25) is 0 Å². The molecular formula is C16H21FO4. The molecule has 1 rings (SSSR count). The molecule has 0 amide bonds. The predicted octanol–water partition coefficient (Wildman–Crippen LogP) is 2.75. The summed E-state index contributed by atoms with van der Waals surface area (Å²) in [5.74, 6) is -2.07. The van der Waals surface area contributed by atoms with Gasteiger partial charge in [0.15, 0.2) is 0 Å². The molecule has 1 aromatic carbocycles. The fourth-order valence-electron chi connectivity index (χ4n) is 1.91. The third kappa shape index (κ3) is 5.17. The summed E-state index contributed by atoms with van der Waals surface area (Å²) in [5, 5.41) is 0. The number of hydrogen-bond donors (Lipinski definition) is 0. The number of benzene rings is 1. The quantitative estimate of drug-likeness (QED) is 0.757. The number of carbonyl (C=O) groups excluding carboxylic acids is 2. The lowest BCUT2D eigenvalue weighted by molar-refractivity contribution is -0.171. The van der Waals surface area contributed by atoms with E-state index in [0.717, 1.165) is 0 Å². The molecule has 0 heterocycles. The van der Waals surface area contributed by atoms with Gasteiger partial charge in [-0.25, -0.2) is 9.18 Å². The van der Waals surface area contributed by atoms with Gasteiger partial charge in [-0.15, -0.1) is 0 Å². The fourth-order valence-corrected chi connectivity index (χ4v) is 1.91. The van der Waals surface area contributed by atoms with Gasteiger partial charge in [0.1, 0.15) is 5.82 Å². The average Bonchev–Trinajstić information content (AvgIpc) is 2.43. The molecule has 0 aliphatic carbocycles. The molecule has 0 saturated heterocycles. The van der Waals surface area contributed by atoms with Gasteiger partial charge in [0.05, 0.1) is 13.0 Å². The molecule has 0 aromatic heterocycles. The van der Waals surface area contributed by atoms with Crippen LogP contribution >= 0.6 is 0 Å². The van der Waals surface area contributed by atoms with E-state index in [0.29, 0.717) is 12.0 Å². The van der Waals surface area contributed by atoms with E-state index in [1.165, 1.54) is 19.2 Å². The van der Waals surface area contributed by atoms with Crippen LogP contribution in [-0.2, 0) is 25.5 Å². The van der Waals surface area contributed by atoms with Crippen molar-refractivity contribution in [3.05, 3.63) is 35.6 Å². The number of rotatable bonds is 6. The summed E-state index contributed by atoms with van der Waals surface area (Å²) >= 11 is 0. The summed E-state index contributed by atoms with van der Waals surface area (Å²) in [5.41, 5.74) is 0.707. The molecule has 1 aromatic rings. The highest BCUT2D eigenvalue weighted by Gasteiger charge is 2.29. The van der Waals surface area contributed by atoms with Gasteiger partial charge in [-0.05, 0) is 24.1 Å². The van der Waals surface area contributed by atoms with Crippen molar-refractivity contribution in [2.75, 3.05) is 7.11 Å². The molecule has 2 unspecified atom stereocenters. The lowest BCUT2D eigenvalue weighted by Crippen LogP contribution is -2.35. The van der Waals surface area contributed by atoms with Gasteiger partial charge in [-0.2, -0.15) is 0 Å². The Kier molecular flexibility index (Phi) is 6.34. The highest BCUT2D eigenvalue weighted by Crippen LogP contribution is 2.15. The average molecular weight is 296 g/mol. The second kappa shape index (κ2) is 7.76. The number of ether oxygens (including phenoxy) is 2. The van der Waals surface area contributed by atoms with Gasteiger partial charge >= 0.3 is 11.9 Å². The van der Waals surface area contributed by atoms with Gasteiger partial charge in [0, 0.05) is 5.92 Å². The largest absolute Gasteiger partial charge is 0.466 e. The van der Waals surface area contributed by atoms with Crippen molar-refractivity contribution >= 4 is 11.9 Å². The molecule has 4 nitrogen and oxygen atoms in total. The molecule has 116 valence electrons. The molecule has 0 saturated carbocycles. The lowest BCUT2D eigenvalue weighted by atomic mass is 10.0. The van der Waals surface area contributed by atoms with Gasteiger partial charge in [0.2, 0.25) is 6.10 Å². The van der Waals surface area contributed by atoms with Gasteiger partial charge in [-0.3, -0.25) is 4.79 Å². The van der Waals surface area contributed by atoms with Crippen LogP contribution in [0.25, 0.3) is 0 Å². The molecule has 0 N–H and O–H groups in total. The summed E-state index contributed by atoms with van der Waals surface area (Å²) in [7, 11) is 1.25. The molecule has 5 heteroatoms. The third-order valence-corrected chi connectivity index (χ3v) is 3.12. The van der Waals surface area contributed by atoms with Crippen molar-refractivity contribution in [2.24, 2.45) is 11.8 Å².